The maximum Gasteiger partial charge on any atom is 0.186 e. The van der Waals surface area contributed by atoms with Crippen molar-refractivity contribution in [1.82, 2.24) is 0 Å². The van der Waals surface area contributed by atoms with Crippen LogP contribution in [-0.4, -0.2) is 87.8 Å². The average Bonchev–Trinajstić information content (AvgIpc) is 2.81. The molecule has 112 valence electrons. The van der Waals surface area contributed by atoms with Gasteiger partial charge in [0.2, 0.25) is 0 Å². The van der Waals surface area contributed by atoms with E-state index in [0.29, 0.717) is 0 Å². The summed E-state index contributed by atoms with van der Waals surface area (Å²) in [5, 5.41) is 47.3. The van der Waals surface area contributed by atoms with Crippen molar-refractivity contribution in [3.63, 3.8) is 0 Å². The summed E-state index contributed by atoms with van der Waals surface area (Å²) in [6.45, 7) is 1.09. The van der Waals surface area contributed by atoms with E-state index in [4.69, 9.17) is 19.3 Å². The molecule has 0 aliphatic carbocycles. The van der Waals surface area contributed by atoms with Crippen LogP contribution >= 0.6 is 0 Å². The molecule has 8 nitrogen and oxygen atoms in total. The lowest BCUT2D eigenvalue weighted by molar-refractivity contribution is -0.188. The molecule has 2 aliphatic rings. The minimum absolute atomic E-state index is 0.102. The molecule has 2 heterocycles. The Balaban J connectivity index is 1.83. The molecule has 0 spiro atoms. The Labute approximate surface area is 110 Å². The van der Waals surface area contributed by atoms with Gasteiger partial charge in [0.05, 0.1) is 19.3 Å². The van der Waals surface area contributed by atoms with Gasteiger partial charge in [-0.25, -0.2) is 0 Å². The van der Waals surface area contributed by atoms with E-state index in [1.54, 1.807) is 6.92 Å². The molecule has 0 saturated carbocycles. The first kappa shape index (κ1) is 15.1. The smallest absolute Gasteiger partial charge is 0.186 e. The van der Waals surface area contributed by atoms with Gasteiger partial charge in [0.15, 0.2) is 6.29 Å². The third-order valence-electron chi connectivity index (χ3n) is 3.52. The van der Waals surface area contributed by atoms with E-state index in [-0.39, 0.29) is 6.61 Å². The number of hydrogen-bond acceptors (Lipinski definition) is 8. The molecule has 19 heavy (non-hydrogen) atoms. The second kappa shape index (κ2) is 5.98. The normalized spacial score (nSPS) is 50.8. The van der Waals surface area contributed by atoms with Gasteiger partial charge in [0.1, 0.15) is 36.6 Å². The van der Waals surface area contributed by atoms with Crippen molar-refractivity contribution in [2.45, 2.75) is 55.9 Å². The summed E-state index contributed by atoms with van der Waals surface area (Å²) < 4.78 is 15.6. The van der Waals surface area contributed by atoms with Crippen LogP contribution in [0.2, 0.25) is 0 Å². The Kier molecular flexibility index (Phi) is 4.75. The van der Waals surface area contributed by atoms with E-state index >= 15 is 0 Å². The largest absolute Gasteiger partial charge is 0.394 e. The molecular weight excluding hydrogens is 260 g/mol. The highest BCUT2D eigenvalue weighted by Crippen LogP contribution is 2.25. The number of hydrogen-bond donors (Lipinski definition) is 5. The van der Waals surface area contributed by atoms with Crippen LogP contribution in [0.5, 0.6) is 0 Å². The topological polar surface area (TPSA) is 129 Å². The zero-order valence-corrected chi connectivity index (χ0v) is 10.5. The van der Waals surface area contributed by atoms with Gasteiger partial charge in [-0.3, -0.25) is 0 Å². The van der Waals surface area contributed by atoms with Crippen LogP contribution in [0.15, 0.2) is 0 Å². The second-order valence-electron chi connectivity index (χ2n) is 4.90. The average molecular weight is 280 g/mol. The lowest BCUT2D eigenvalue weighted by Gasteiger charge is -2.20. The summed E-state index contributed by atoms with van der Waals surface area (Å²) in [5.41, 5.74) is 0. The third-order valence-corrected chi connectivity index (χ3v) is 3.52. The van der Waals surface area contributed by atoms with Crippen LogP contribution in [0.25, 0.3) is 0 Å². The molecule has 0 radical (unpaired) electrons. The zero-order valence-electron chi connectivity index (χ0n) is 10.5. The molecular formula is C11H20O8. The van der Waals surface area contributed by atoms with Gasteiger partial charge in [-0.05, 0) is 6.92 Å². The van der Waals surface area contributed by atoms with E-state index in [2.05, 4.69) is 0 Å². The van der Waals surface area contributed by atoms with Gasteiger partial charge in [-0.1, -0.05) is 0 Å². The molecule has 0 aromatic rings. The Morgan fingerprint density at radius 1 is 0.895 bits per heavy atom. The molecule has 8 heteroatoms. The highest BCUT2D eigenvalue weighted by Gasteiger charge is 2.45. The first-order chi connectivity index (χ1) is 8.95. The number of ether oxygens (including phenoxy) is 3. The van der Waals surface area contributed by atoms with E-state index in [9.17, 15) is 20.4 Å². The standard InChI is InChI=1S/C11H20O8/c1-4-7(13)9(15)6(18-4)3-17-11-10(16)8(14)5(2-12)19-11/h4-16H,2-3H2,1H3/t4-,5-,6-,7?,8+,9+,10?,11+/m0/s1. The van der Waals surface area contributed by atoms with Crippen molar-refractivity contribution in [2.75, 3.05) is 13.2 Å². The maximum atomic E-state index is 9.67. The van der Waals surface area contributed by atoms with Gasteiger partial charge in [0, 0.05) is 0 Å². The van der Waals surface area contributed by atoms with E-state index < -0.39 is 55.6 Å². The molecule has 2 aliphatic heterocycles. The fourth-order valence-corrected chi connectivity index (χ4v) is 2.26. The van der Waals surface area contributed by atoms with Gasteiger partial charge in [-0.2, -0.15) is 0 Å². The summed E-state index contributed by atoms with van der Waals surface area (Å²) in [4.78, 5) is 0. The highest BCUT2D eigenvalue weighted by molar-refractivity contribution is 4.90. The van der Waals surface area contributed by atoms with Crippen molar-refractivity contribution in [1.29, 1.82) is 0 Å². The molecule has 0 aromatic carbocycles. The molecule has 2 rings (SSSR count). The van der Waals surface area contributed by atoms with Crippen molar-refractivity contribution in [3.05, 3.63) is 0 Å². The Morgan fingerprint density at radius 3 is 2.00 bits per heavy atom. The fraction of sp³-hybridized carbons (Fsp3) is 1.00. The SMILES string of the molecule is C[C@@H]1O[C@@H](CO[C@@H]2O[C@@H](CO)[C@@H](O)C2O)[C@@H](O)C1O. The lowest BCUT2D eigenvalue weighted by atomic mass is 10.1. The predicted octanol–water partition coefficient (Wildman–Crippen LogP) is -3.05. The summed E-state index contributed by atoms with van der Waals surface area (Å²) in [7, 11) is 0. The van der Waals surface area contributed by atoms with E-state index in [0.717, 1.165) is 0 Å². The van der Waals surface area contributed by atoms with Crippen molar-refractivity contribution >= 4 is 0 Å². The van der Waals surface area contributed by atoms with Gasteiger partial charge < -0.3 is 39.7 Å². The zero-order chi connectivity index (χ0) is 14.2. The minimum Gasteiger partial charge on any atom is -0.394 e. The van der Waals surface area contributed by atoms with Crippen LogP contribution in [0, 0.1) is 0 Å². The molecule has 8 atom stereocenters. The van der Waals surface area contributed by atoms with Crippen molar-refractivity contribution < 1.29 is 39.7 Å². The predicted molar refractivity (Wildman–Crippen MR) is 60.1 cm³/mol. The summed E-state index contributed by atoms with van der Waals surface area (Å²) in [6, 6.07) is 0. The maximum absolute atomic E-state index is 9.67. The van der Waals surface area contributed by atoms with Gasteiger partial charge >= 0.3 is 0 Å². The highest BCUT2D eigenvalue weighted by atomic mass is 16.7. The number of aliphatic hydroxyl groups is 5. The van der Waals surface area contributed by atoms with E-state index in [1.165, 1.54) is 0 Å². The number of aliphatic hydroxyl groups excluding tert-OH is 5. The summed E-state index contributed by atoms with van der Waals surface area (Å²) in [5.74, 6) is 0. The Bertz CT molecular complexity index is 300. The molecule has 5 N–H and O–H groups in total. The quantitative estimate of drug-likeness (QED) is 0.367. The van der Waals surface area contributed by atoms with Gasteiger partial charge in [-0.15, -0.1) is 0 Å². The minimum atomic E-state index is -1.28. The van der Waals surface area contributed by atoms with Crippen LogP contribution in [0.1, 0.15) is 6.92 Å². The van der Waals surface area contributed by atoms with Crippen LogP contribution in [0.3, 0.4) is 0 Å². The Morgan fingerprint density at radius 2 is 1.53 bits per heavy atom. The Hall–Kier alpha value is -0.320. The van der Waals surface area contributed by atoms with E-state index in [1.807, 2.05) is 0 Å². The summed E-state index contributed by atoms with van der Waals surface area (Å²) >= 11 is 0. The molecule has 0 aromatic heterocycles. The lowest BCUT2D eigenvalue weighted by Crippen LogP contribution is -2.38. The molecule has 0 amide bonds. The second-order valence-corrected chi connectivity index (χ2v) is 4.90. The monoisotopic (exact) mass is 280 g/mol. The van der Waals surface area contributed by atoms with Crippen molar-refractivity contribution in [2.24, 2.45) is 0 Å². The van der Waals surface area contributed by atoms with Gasteiger partial charge in [0.25, 0.3) is 0 Å². The van der Waals surface area contributed by atoms with Crippen molar-refractivity contribution in [3.8, 4) is 0 Å². The molecule has 2 unspecified atom stereocenters. The van der Waals surface area contributed by atoms with Crippen LogP contribution in [0.4, 0.5) is 0 Å². The summed E-state index contributed by atoms with van der Waals surface area (Å²) in [6.07, 6.45) is -7.81. The third kappa shape index (κ3) is 2.91. The number of rotatable bonds is 4. The first-order valence-corrected chi connectivity index (χ1v) is 6.21. The van der Waals surface area contributed by atoms with Crippen LogP contribution in [-0.2, 0) is 14.2 Å². The molecule has 2 saturated heterocycles. The van der Waals surface area contributed by atoms with Crippen LogP contribution < -0.4 is 0 Å². The fourth-order valence-electron chi connectivity index (χ4n) is 2.26. The molecule has 0 bridgehead atoms. The first-order valence-electron chi connectivity index (χ1n) is 6.21. The molecule has 2 fully saturated rings.